The third-order valence-corrected chi connectivity index (χ3v) is 1.04. The summed E-state index contributed by atoms with van der Waals surface area (Å²) in [4.78, 5) is 10.6. The molecule has 0 aliphatic heterocycles. The molecular weight excluding hydrogens is 158 g/mol. The van der Waals surface area contributed by atoms with Crippen LogP contribution in [0.25, 0.3) is 0 Å². The lowest BCUT2D eigenvalue weighted by Crippen LogP contribution is -2.43. The zero-order valence-electron chi connectivity index (χ0n) is 6.38. The Morgan fingerprint density at radius 1 is 1.58 bits per heavy atom. The summed E-state index contributed by atoms with van der Waals surface area (Å²) in [5.74, 6) is 0. The van der Waals surface area contributed by atoms with Crippen molar-refractivity contribution in [2.45, 2.75) is 6.04 Å². The molecule has 1 unspecified atom stereocenters. The van der Waals surface area contributed by atoms with Gasteiger partial charge in [-0.15, -0.1) is 0 Å². The smallest absolute Gasteiger partial charge is 0.315 e. The molecule has 6 heteroatoms. The van der Waals surface area contributed by atoms with Crippen molar-refractivity contribution in [3.8, 4) is 12.1 Å². The number of nitriles is 2. The molecule has 12 heavy (non-hydrogen) atoms. The fraction of sp³-hybridized carbons (Fsp3) is 0.333. The molecule has 1 atom stereocenters. The molecule has 0 bridgehead atoms. The third kappa shape index (κ3) is 2.67. The van der Waals surface area contributed by atoms with Crippen molar-refractivity contribution in [1.29, 1.82) is 15.9 Å². The minimum absolute atomic E-state index is 0.485. The summed E-state index contributed by atoms with van der Waals surface area (Å²) >= 11 is 0. The molecule has 0 rings (SSSR count). The van der Waals surface area contributed by atoms with Gasteiger partial charge in [-0.2, -0.15) is 10.5 Å². The van der Waals surface area contributed by atoms with E-state index in [1.807, 2.05) is 0 Å². The Kier molecular flexibility index (Phi) is 3.88. The number of urea groups is 1. The monoisotopic (exact) mass is 165 g/mol. The van der Waals surface area contributed by atoms with Crippen LogP contribution < -0.4 is 10.6 Å². The van der Waals surface area contributed by atoms with E-state index < -0.39 is 17.8 Å². The lowest BCUT2D eigenvalue weighted by molar-refractivity contribution is 0.243. The Morgan fingerprint density at radius 3 is 2.50 bits per heavy atom. The van der Waals surface area contributed by atoms with Crippen LogP contribution >= 0.6 is 0 Å². The molecule has 62 valence electrons. The first-order valence-corrected chi connectivity index (χ1v) is 3.02. The summed E-state index contributed by atoms with van der Waals surface area (Å²) < 4.78 is 0. The summed E-state index contributed by atoms with van der Waals surface area (Å²) in [6.07, 6.45) is 0. The molecule has 0 aliphatic carbocycles. The quantitative estimate of drug-likeness (QED) is 0.472. The average molecular weight is 165 g/mol. The predicted molar refractivity (Wildman–Crippen MR) is 40.3 cm³/mol. The van der Waals surface area contributed by atoms with Crippen molar-refractivity contribution < 1.29 is 4.79 Å². The van der Waals surface area contributed by atoms with Crippen molar-refractivity contribution in [3.05, 3.63) is 0 Å². The van der Waals surface area contributed by atoms with E-state index in [1.165, 1.54) is 13.1 Å². The molecule has 2 amide bonds. The number of nitrogens with one attached hydrogen (secondary N) is 3. The van der Waals surface area contributed by atoms with Crippen LogP contribution in [0.1, 0.15) is 0 Å². The van der Waals surface area contributed by atoms with Gasteiger partial charge in [-0.25, -0.2) is 4.79 Å². The average Bonchev–Trinajstić information content (AvgIpc) is 2.12. The van der Waals surface area contributed by atoms with E-state index in [0.29, 0.717) is 0 Å². The zero-order chi connectivity index (χ0) is 9.56. The topological polar surface area (TPSA) is 113 Å². The number of rotatable bonds is 2. The molecular formula is C6H7N5O. The zero-order valence-corrected chi connectivity index (χ0v) is 6.38. The van der Waals surface area contributed by atoms with Gasteiger partial charge in [-0.3, -0.25) is 5.41 Å². The van der Waals surface area contributed by atoms with Crippen molar-refractivity contribution in [2.75, 3.05) is 7.05 Å². The van der Waals surface area contributed by atoms with Gasteiger partial charge in [0.05, 0.1) is 6.07 Å². The SMILES string of the molecule is CNC(=O)NC(C#N)C(=N)C#N. The molecule has 0 aromatic heterocycles. The van der Waals surface area contributed by atoms with E-state index in [9.17, 15) is 4.79 Å². The Balaban J connectivity index is 4.23. The number of hydrogen-bond acceptors (Lipinski definition) is 4. The van der Waals surface area contributed by atoms with E-state index in [0.717, 1.165) is 0 Å². The number of carbonyl (C=O) groups excluding carboxylic acids is 1. The van der Waals surface area contributed by atoms with Gasteiger partial charge < -0.3 is 10.6 Å². The molecule has 0 heterocycles. The van der Waals surface area contributed by atoms with Gasteiger partial charge in [0.15, 0.2) is 6.04 Å². The van der Waals surface area contributed by atoms with Crippen molar-refractivity contribution in [1.82, 2.24) is 10.6 Å². The standard InChI is InChI=1S/C6H7N5O/c1-10-6(12)11-5(3-8)4(9)2-7/h5,9H,1H3,(H2,10,11,12). The number of nitrogens with zero attached hydrogens (tertiary/aromatic N) is 2. The van der Waals surface area contributed by atoms with Crippen molar-refractivity contribution >= 4 is 11.7 Å². The second-order valence-electron chi connectivity index (χ2n) is 1.81. The maximum atomic E-state index is 10.6. The highest BCUT2D eigenvalue weighted by molar-refractivity contribution is 6.03. The minimum Gasteiger partial charge on any atom is -0.341 e. The van der Waals surface area contributed by atoms with Gasteiger partial charge in [-0.05, 0) is 0 Å². The van der Waals surface area contributed by atoms with Gasteiger partial charge in [0, 0.05) is 7.05 Å². The Bertz CT molecular complexity index is 271. The van der Waals surface area contributed by atoms with Crippen LogP contribution in [0.2, 0.25) is 0 Å². The summed E-state index contributed by atoms with van der Waals surface area (Å²) in [5, 5.41) is 27.9. The number of amides is 2. The summed E-state index contributed by atoms with van der Waals surface area (Å²) in [6, 6.07) is 1.30. The molecule has 0 saturated carbocycles. The van der Waals surface area contributed by atoms with E-state index >= 15 is 0 Å². The molecule has 0 fully saturated rings. The summed E-state index contributed by atoms with van der Waals surface area (Å²) in [6.45, 7) is 0. The highest BCUT2D eigenvalue weighted by atomic mass is 16.2. The Morgan fingerprint density at radius 2 is 2.17 bits per heavy atom. The maximum absolute atomic E-state index is 10.6. The second-order valence-corrected chi connectivity index (χ2v) is 1.81. The molecule has 0 aromatic rings. The first-order valence-electron chi connectivity index (χ1n) is 3.02. The van der Waals surface area contributed by atoms with Crippen LogP contribution in [0.5, 0.6) is 0 Å². The first-order chi connectivity index (χ1) is 5.65. The second kappa shape index (κ2) is 4.69. The van der Waals surface area contributed by atoms with Crippen LogP contribution in [0.3, 0.4) is 0 Å². The lowest BCUT2D eigenvalue weighted by Gasteiger charge is -2.06. The van der Waals surface area contributed by atoms with Crippen LogP contribution in [0, 0.1) is 28.1 Å². The Labute approximate surface area is 69.3 Å². The lowest BCUT2D eigenvalue weighted by atomic mass is 10.2. The van der Waals surface area contributed by atoms with Crippen molar-refractivity contribution in [3.63, 3.8) is 0 Å². The third-order valence-electron chi connectivity index (χ3n) is 1.04. The van der Waals surface area contributed by atoms with Crippen LogP contribution in [-0.2, 0) is 0 Å². The van der Waals surface area contributed by atoms with Gasteiger partial charge >= 0.3 is 6.03 Å². The van der Waals surface area contributed by atoms with Crippen molar-refractivity contribution in [2.24, 2.45) is 0 Å². The van der Waals surface area contributed by atoms with Gasteiger partial charge in [0.25, 0.3) is 0 Å². The highest BCUT2D eigenvalue weighted by Crippen LogP contribution is 1.83. The van der Waals surface area contributed by atoms with Gasteiger partial charge in [0.2, 0.25) is 0 Å². The molecule has 0 aromatic carbocycles. The summed E-state index contributed by atoms with van der Waals surface area (Å²) in [5.41, 5.74) is -0.485. The molecule has 0 spiro atoms. The van der Waals surface area contributed by atoms with Crippen LogP contribution in [-0.4, -0.2) is 24.8 Å². The van der Waals surface area contributed by atoms with Crippen LogP contribution in [0.15, 0.2) is 0 Å². The van der Waals surface area contributed by atoms with E-state index in [2.05, 4.69) is 10.6 Å². The largest absolute Gasteiger partial charge is 0.341 e. The number of carbonyl (C=O) groups is 1. The molecule has 6 nitrogen and oxygen atoms in total. The first kappa shape index (κ1) is 9.92. The highest BCUT2D eigenvalue weighted by Gasteiger charge is 2.14. The van der Waals surface area contributed by atoms with Crippen LogP contribution in [0.4, 0.5) is 4.79 Å². The minimum atomic E-state index is -1.17. The number of hydrogen-bond donors (Lipinski definition) is 3. The molecule has 0 radical (unpaired) electrons. The van der Waals surface area contributed by atoms with Gasteiger partial charge in [0.1, 0.15) is 11.8 Å². The van der Waals surface area contributed by atoms with E-state index in [1.54, 1.807) is 6.07 Å². The molecule has 3 N–H and O–H groups in total. The fourth-order valence-electron chi connectivity index (χ4n) is 0.437. The predicted octanol–water partition coefficient (Wildman–Crippen LogP) is -0.649. The maximum Gasteiger partial charge on any atom is 0.315 e. The Hall–Kier alpha value is -2.08. The fourth-order valence-corrected chi connectivity index (χ4v) is 0.437. The molecule has 0 aliphatic rings. The van der Waals surface area contributed by atoms with Gasteiger partial charge in [-0.1, -0.05) is 0 Å². The normalized spacial score (nSPS) is 10.2. The van der Waals surface area contributed by atoms with E-state index in [-0.39, 0.29) is 0 Å². The summed E-state index contributed by atoms with van der Waals surface area (Å²) in [7, 11) is 1.37. The van der Waals surface area contributed by atoms with E-state index in [4.69, 9.17) is 15.9 Å². The molecule has 0 saturated heterocycles.